The van der Waals surface area contributed by atoms with Crippen LogP contribution in [-0.2, 0) is 0 Å². The monoisotopic (exact) mass is 276 g/mol. The van der Waals surface area contributed by atoms with Crippen molar-refractivity contribution in [1.29, 1.82) is 0 Å². The topological polar surface area (TPSA) is 80.0 Å². The van der Waals surface area contributed by atoms with Crippen molar-refractivity contribution in [3.05, 3.63) is 23.4 Å². The number of aromatic nitrogens is 1. The van der Waals surface area contributed by atoms with Crippen LogP contribution < -0.4 is 16.6 Å². The molecular weight excluding hydrogens is 252 g/mol. The van der Waals surface area contributed by atoms with E-state index in [0.29, 0.717) is 23.3 Å². The Morgan fingerprint density at radius 1 is 1.50 bits per heavy atom. The molecule has 1 aliphatic carbocycles. The minimum atomic E-state index is -0.0330. The highest BCUT2D eigenvalue weighted by atomic mass is 16.1. The van der Waals surface area contributed by atoms with Gasteiger partial charge in [-0.1, -0.05) is 27.2 Å². The van der Waals surface area contributed by atoms with Crippen molar-refractivity contribution in [3.63, 3.8) is 0 Å². The first-order valence-electron chi connectivity index (χ1n) is 7.34. The van der Waals surface area contributed by atoms with Gasteiger partial charge in [-0.05, 0) is 36.8 Å². The van der Waals surface area contributed by atoms with Crippen LogP contribution in [0, 0.1) is 5.92 Å². The van der Waals surface area contributed by atoms with Gasteiger partial charge in [0.15, 0.2) is 0 Å². The minimum absolute atomic E-state index is 0.0330. The molecule has 5 heteroatoms. The van der Waals surface area contributed by atoms with Gasteiger partial charge in [-0.3, -0.25) is 4.79 Å². The largest absolute Gasteiger partial charge is 0.349 e. The van der Waals surface area contributed by atoms with Gasteiger partial charge in [-0.15, -0.1) is 0 Å². The van der Waals surface area contributed by atoms with E-state index in [1.54, 1.807) is 6.07 Å². The zero-order valence-electron chi connectivity index (χ0n) is 12.4. The van der Waals surface area contributed by atoms with Crippen LogP contribution >= 0.6 is 0 Å². The van der Waals surface area contributed by atoms with Crippen LogP contribution in [0.1, 0.15) is 62.0 Å². The summed E-state index contributed by atoms with van der Waals surface area (Å²) in [5.74, 6) is 6.82. The first-order valence-corrected chi connectivity index (χ1v) is 7.34. The number of hydrogen-bond acceptors (Lipinski definition) is 4. The Morgan fingerprint density at radius 2 is 2.25 bits per heavy atom. The average Bonchev–Trinajstić information content (AvgIpc) is 3.16. The molecule has 0 bridgehead atoms. The van der Waals surface area contributed by atoms with E-state index in [1.165, 1.54) is 12.8 Å². The Morgan fingerprint density at radius 3 is 2.85 bits per heavy atom. The van der Waals surface area contributed by atoms with Gasteiger partial charge < -0.3 is 10.7 Å². The number of hydrogen-bond donors (Lipinski definition) is 3. The van der Waals surface area contributed by atoms with Gasteiger partial charge in [0.1, 0.15) is 5.82 Å². The molecule has 0 aromatic carbocycles. The van der Waals surface area contributed by atoms with Gasteiger partial charge in [0, 0.05) is 17.3 Å². The summed E-state index contributed by atoms with van der Waals surface area (Å²) in [5.41, 5.74) is 4.02. The first-order chi connectivity index (χ1) is 9.55. The summed E-state index contributed by atoms with van der Waals surface area (Å²) < 4.78 is 0. The molecule has 4 N–H and O–H groups in total. The maximum atomic E-state index is 12.3. The molecule has 2 unspecified atom stereocenters. The summed E-state index contributed by atoms with van der Waals surface area (Å²) in [4.78, 5) is 16.6. The van der Waals surface area contributed by atoms with Crippen LogP contribution in [0.2, 0.25) is 0 Å². The zero-order valence-corrected chi connectivity index (χ0v) is 12.4. The Balaban J connectivity index is 2.07. The van der Waals surface area contributed by atoms with Gasteiger partial charge in [0.2, 0.25) is 0 Å². The molecule has 0 aliphatic heterocycles. The van der Waals surface area contributed by atoms with Gasteiger partial charge >= 0.3 is 0 Å². The van der Waals surface area contributed by atoms with Crippen molar-refractivity contribution in [1.82, 2.24) is 10.3 Å². The van der Waals surface area contributed by atoms with Crippen LogP contribution in [0.25, 0.3) is 0 Å². The number of nitrogens with zero attached hydrogens (tertiary/aromatic N) is 1. The molecule has 0 radical (unpaired) electrons. The fourth-order valence-corrected chi connectivity index (χ4v) is 2.42. The van der Waals surface area contributed by atoms with Crippen molar-refractivity contribution in [2.45, 2.75) is 52.0 Å². The standard InChI is InChI=1S/C15H24N4O/c1-4-5-10-6-13(10)18-15(20)11-7-12(9(2)3)17-14(8-11)19-16/h7-10,13H,4-6,16H2,1-3H3,(H,17,19)(H,18,20). The van der Waals surface area contributed by atoms with Crippen LogP contribution in [0.15, 0.2) is 12.1 Å². The van der Waals surface area contributed by atoms with Crippen molar-refractivity contribution >= 4 is 11.7 Å². The average molecular weight is 276 g/mol. The molecule has 110 valence electrons. The molecule has 5 nitrogen and oxygen atoms in total. The highest BCUT2D eigenvalue weighted by Gasteiger charge is 2.37. The Labute approximate surface area is 120 Å². The number of carbonyl (C=O) groups is 1. The van der Waals surface area contributed by atoms with Gasteiger partial charge in [0.25, 0.3) is 5.91 Å². The van der Waals surface area contributed by atoms with Crippen molar-refractivity contribution in [2.75, 3.05) is 5.43 Å². The minimum Gasteiger partial charge on any atom is -0.349 e. The van der Waals surface area contributed by atoms with E-state index >= 15 is 0 Å². The first kappa shape index (κ1) is 14.8. The molecule has 1 fully saturated rings. The van der Waals surface area contributed by atoms with Crippen LogP contribution in [0.4, 0.5) is 5.82 Å². The molecule has 1 saturated carbocycles. The number of nitrogens with two attached hydrogens (primary N) is 1. The number of pyridine rings is 1. The van der Waals surface area contributed by atoms with Gasteiger partial charge in [-0.2, -0.15) is 0 Å². The number of carbonyl (C=O) groups excluding carboxylic acids is 1. The molecule has 0 saturated heterocycles. The van der Waals surface area contributed by atoms with E-state index < -0.39 is 0 Å². The lowest BCUT2D eigenvalue weighted by Gasteiger charge is -2.11. The second kappa shape index (κ2) is 6.22. The Kier molecular flexibility index (Phi) is 4.60. The van der Waals surface area contributed by atoms with Crippen LogP contribution in [0.5, 0.6) is 0 Å². The normalized spacial score (nSPS) is 20.9. The third-order valence-electron chi connectivity index (χ3n) is 3.75. The number of anilines is 1. The van der Waals surface area contributed by atoms with E-state index in [-0.39, 0.29) is 11.8 Å². The van der Waals surface area contributed by atoms with Crippen LogP contribution in [0.3, 0.4) is 0 Å². The molecule has 1 aromatic rings. The second-order valence-electron chi connectivity index (χ2n) is 5.83. The second-order valence-corrected chi connectivity index (χ2v) is 5.83. The number of hydrazine groups is 1. The van der Waals surface area contributed by atoms with Gasteiger partial charge in [-0.25, -0.2) is 10.8 Å². The third-order valence-corrected chi connectivity index (χ3v) is 3.75. The molecular formula is C15H24N4O. The van der Waals surface area contributed by atoms with E-state index in [1.807, 2.05) is 19.9 Å². The van der Waals surface area contributed by atoms with E-state index in [4.69, 9.17) is 5.84 Å². The van der Waals surface area contributed by atoms with Gasteiger partial charge in [0.05, 0.1) is 0 Å². The van der Waals surface area contributed by atoms with Crippen molar-refractivity contribution < 1.29 is 4.79 Å². The van der Waals surface area contributed by atoms with E-state index in [2.05, 4.69) is 22.7 Å². The number of nitrogen functional groups attached to an aromatic ring is 1. The number of nitrogens with one attached hydrogen (secondary N) is 2. The predicted octanol–water partition coefficient (Wildman–Crippen LogP) is 2.41. The number of rotatable bonds is 6. The fourth-order valence-electron chi connectivity index (χ4n) is 2.42. The molecule has 0 spiro atoms. The summed E-state index contributed by atoms with van der Waals surface area (Å²) in [6.45, 7) is 6.26. The Bertz CT molecular complexity index is 487. The summed E-state index contributed by atoms with van der Waals surface area (Å²) in [7, 11) is 0. The molecule has 1 amide bonds. The van der Waals surface area contributed by atoms with Crippen LogP contribution in [-0.4, -0.2) is 16.9 Å². The summed E-state index contributed by atoms with van der Waals surface area (Å²) >= 11 is 0. The smallest absolute Gasteiger partial charge is 0.251 e. The molecule has 2 atom stereocenters. The summed E-state index contributed by atoms with van der Waals surface area (Å²) in [6, 6.07) is 3.88. The molecule has 1 aromatic heterocycles. The Hall–Kier alpha value is -1.62. The molecule has 1 aliphatic rings. The third kappa shape index (κ3) is 3.48. The zero-order chi connectivity index (χ0) is 14.7. The lowest BCUT2D eigenvalue weighted by Crippen LogP contribution is -2.27. The lowest BCUT2D eigenvalue weighted by molar-refractivity contribution is 0.0948. The molecule has 2 rings (SSSR count). The quantitative estimate of drug-likeness (QED) is 0.550. The summed E-state index contributed by atoms with van der Waals surface area (Å²) in [5, 5.41) is 3.09. The molecule has 20 heavy (non-hydrogen) atoms. The van der Waals surface area contributed by atoms with Crippen molar-refractivity contribution in [3.8, 4) is 0 Å². The van der Waals surface area contributed by atoms with E-state index in [0.717, 1.165) is 12.1 Å². The summed E-state index contributed by atoms with van der Waals surface area (Å²) in [6.07, 6.45) is 3.46. The van der Waals surface area contributed by atoms with Crippen molar-refractivity contribution in [2.24, 2.45) is 11.8 Å². The SMILES string of the molecule is CCCC1CC1NC(=O)c1cc(NN)nc(C(C)C)c1. The lowest BCUT2D eigenvalue weighted by atomic mass is 10.1. The van der Waals surface area contributed by atoms with E-state index in [9.17, 15) is 4.79 Å². The highest BCUT2D eigenvalue weighted by molar-refractivity contribution is 5.95. The predicted molar refractivity (Wildman–Crippen MR) is 80.4 cm³/mol. The maximum absolute atomic E-state index is 12.3. The highest BCUT2D eigenvalue weighted by Crippen LogP contribution is 2.34. The molecule has 1 heterocycles. The number of amides is 1. The maximum Gasteiger partial charge on any atom is 0.251 e. The fraction of sp³-hybridized carbons (Fsp3) is 0.600.